The highest BCUT2D eigenvalue weighted by Gasteiger charge is 2.06. The number of pyridine rings is 1. The van der Waals surface area contributed by atoms with Crippen LogP contribution in [0.25, 0.3) is 10.9 Å². The maximum atomic E-state index is 5.84. The number of fused-ring (bicyclic) bond motifs is 1. The van der Waals surface area contributed by atoms with Gasteiger partial charge in [0, 0.05) is 37.3 Å². The summed E-state index contributed by atoms with van der Waals surface area (Å²) in [5.74, 6) is 0.914. The van der Waals surface area contributed by atoms with Gasteiger partial charge in [0.05, 0.1) is 12.1 Å². The lowest BCUT2D eigenvalue weighted by molar-refractivity contribution is 0.172. The molecule has 1 aromatic carbocycles. The van der Waals surface area contributed by atoms with Gasteiger partial charge in [-0.1, -0.05) is 12.1 Å². The Bertz CT molecular complexity index is 537. The van der Waals surface area contributed by atoms with Gasteiger partial charge in [0.25, 0.3) is 0 Å². The number of para-hydroxylation sites is 1. The van der Waals surface area contributed by atoms with Gasteiger partial charge in [0.15, 0.2) is 0 Å². The van der Waals surface area contributed by atoms with E-state index in [1.807, 2.05) is 19.1 Å². The Morgan fingerprint density at radius 2 is 2.00 bits per heavy atom. The zero-order chi connectivity index (χ0) is 13.0. The van der Waals surface area contributed by atoms with E-state index in [-0.39, 0.29) is 0 Å². The van der Waals surface area contributed by atoms with E-state index in [0.29, 0.717) is 6.61 Å². The lowest BCUT2D eigenvalue weighted by atomic mass is 10.1. The van der Waals surface area contributed by atoms with E-state index in [2.05, 4.69) is 24.0 Å². The fraction of sp³-hybridized carbons (Fsp3) is 0.400. The average Bonchev–Trinajstić information content (AvgIpc) is 2.36. The van der Waals surface area contributed by atoms with Crippen molar-refractivity contribution >= 4 is 10.9 Å². The minimum atomic E-state index is 0.667. The molecule has 0 fully saturated rings. The number of rotatable bonds is 5. The van der Waals surface area contributed by atoms with Gasteiger partial charge in [0.2, 0.25) is 0 Å². The molecule has 1 aromatic heterocycles. The van der Waals surface area contributed by atoms with Gasteiger partial charge in [-0.05, 0) is 25.5 Å². The monoisotopic (exact) mass is 245 g/mol. The van der Waals surface area contributed by atoms with Crippen molar-refractivity contribution in [3.63, 3.8) is 0 Å². The van der Waals surface area contributed by atoms with E-state index in [1.54, 1.807) is 7.11 Å². The molecule has 0 bridgehead atoms. The van der Waals surface area contributed by atoms with Crippen LogP contribution in [0.2, 0.25) is 0 Å². The molecule has 18 heavy (non-hydrogen) atoms. The highest BCUT2D eigenvalue weighted by Crippen LogP contribution is 2.27. The van der Waals surface area contributed by atoms with Gasteiger partial charge in [-0.25, -0.2) is 0 Å². The molecular weight excluding hydrogens is 226 g/mol. The van der Waals surface area contributed by atoms with E-state index in [4.69, 9.17) is 9.47 Å². The number of methoxy groups -OCH3 is 1. The number of hydrogen-bond acceptors (Lipinski definition) is 3. The Balaban J connectivity index is 2.29. The highest BCUT2D eigenvalue weighted by atomic mass is 16.5. The van der Waals surface area contributed by atoms with Crippen molar-refractivity contribution in [3.05, 3.63) is 35.5 Å². The first-order valence-corrected chi connectivity index (χ1v) is 6.21. The second-order valence-corrected chi connectivity index (χ2v) is 4.43. The van der Waals surface area contributed by atoms with Crippen LogP contribution < -0.4 is 4.74 Å². The Hall–Kier alpha value is -1.61. The van der Waals surface area contributed by atoms with Crippen LogP contribution in [0.15, 0.2) is 24.3 Å². The number of benzene rings is 1. The SMILES string of the molecule is COCCCOc1cc(C)nc2c(C)cccc12. The predicted octanol–water partition coefficient (Wildman–Crippen LogP) is 3.27. The molecule has 0 atom stereocenters. The molecule has 3 heteroatoms. The van der Waals surface area contributed by atoms with E-state index in [9.17, 15) is 0 Å². The molecule has 0 aliphatic rings. The molecule has 0 unspecified atom stereocenters. The third-order valence-electron chi connectivity index (χ3n) is 2.88. The van der Waals surface area contributed by atoms with Gasteiger partial charge in [-0.2, -0.15) is 0 Å². The number of nitrogens with zero attached hydrogens (tertiary/aromatic N) is 1. The molecule has 2 aromatic rings. The highest BCUT2D eigenvalue weighted by molar-refractivity contribution is 5.87. The summed E-state index contributed by atoms with van der Waals surface area (Å²) < 4.78 is 10.9. The zero-order valence-electron chi connectivity index (χ0n) is 11.2. The molecule has 0 saturated heterocycles. The van der Waals surface area contributed by atoms with Gasteiger partial charge in [-0.3, -0.25) is 4.98 Å². The third-order valence-corrected chi connectivity index (χ3v) is 2.88. The summed E-state index contributed by atoms with van der Waals surface area (Å²) in [5.41, 5.74) is 3.19. The van der Waals surface area contributed by atoms with Gasteiger partial charge in [-0.15, -0.1) is 0 Å². The molecule has 3 nitrogen and oxygen atoms in total. The molecule has 96 valence electrons. The standard InChI is InChI=1S/C15H19NO2/c1-11-6-4-7-13-14(18-9-5-8-17-3)10-12(2)16-15(11)13/h4,6-7,10H,5,8-9H2,1-3H3. The molecule has 0 radical (unpaired) electrons. The minimum Gasteiger partial charge on any atom is -0.493 e. The first-order valence-electron chi connectivity index (χ1n) is 6.21. The topological polar surface area (TPSA) is 31.4 Å². The van der Waals surface area contributed by atoms with Crippen molar-refractivity contribution in [2.24, 2.45) is 0 Å². The zero-order valence-corrected chi connectivity index (χ0v) is 11.2. The molecule has 2 rings (SSSR count). The van der Waals surface area contributed by atoms with Crippen molar-refractivity contribution < 1.29 is 9.47 Å². The van der Waals surface area contributed by atoms with Crippen LogP contribution in [-0.4, -0.2) is 25.3 Å². The number of ether oxygens (including phenoxy) is 2. The summed E-state index contributed by atoms with van der Waals surface area (Å²) >= 11 is 0. The van der Waals surface area contributed by atoms with Crippen LogP contribution >= 0.6 is 0 Å². The van der Waals surface area contributed by atoms with Crippen LogP contribution in [-0.2, 0) is 4.74 Å². The summed E-state index contributed by atoms with van der Waals surface area (Å²) in [4.78, 5) is 4.58. The quantitative estimate of drug-likeness (QED) is 0.758. The second-order valence-electron chi connectivity index (χ2n) is 4.43. The van der Waals surface area contributed by atoms with Gasteiger partial charge in [0.1, 0.15) is 5.75 Å². The summed E-state index contributed by atoms with van der Waals surface area (Å²) in [6.45, 7) is 5.46. The largest absolute Gasteiger partial charge is 0.493 e. The van der Waals surface area contributed by atoms with Gasteiger partial charge >= 0.3 is 0 Å². The van der Waals surface area contributed by atoms with Crippen molar-refractivity contribution in [2.45, 2.75) is 20.3 Å². The summed E-state index contributed by atoms with van der Waals surface area (Å²) in [6.07, 6.45) is 0.894. The molecule has 0 spiro atoms. The fourth-order valence-electron chi connectivity index (χ4n) is 1.99. The minimum absolute atomic E-state index is 0.667. The third kappa shape index (κ3) is 2.79. The number of aromatic nitrogens is 1. The summed E-state index contributed by atoms with van der Waals surface area (Å²) in [6, 6.07) is 8.16. The number of aryl methyl sites for hydroxylation is 2. The normalized spacial score (nSPS) is 10.8. The molecule has 0 amide bonds. The predicted molar refractivity (Wildman–Crippen MR) is 73.2 cm³/mol. The van der Waals surface area contributed by atoms with E-state index in [1.165, 1.54) is 5.56 Å². The van der Waals surface area contributed by atoms with Crippen molar-refractivity contribution in [3.8, 4) is 5.75 Å². The Morgan fingerprint density at radius 1 is 1.17 bits per heavy atom. The lowest BCUT2D eigenvalue weighted by Gasteiger charge is -2.11. The molecular formula is C15H19NO2. The van der Waals surface area contributed by atoms with Crippen LogP contribution in [0.5, 0.6) is 5.75 Å². The van der Waals surface area contributed by atoms with Crippen LogP contribution in [0.3, 0.4) is 0 Å². The van der Waals surface area contributed by atoms with Crippen LogP contribution in [0, 0.1) is 13.8 Å². The van der Waals surface area contributed by atoms with Crippen LogP contribution in [0.4, 0.5) is 0 Å². The van der Waals surface area contributed by atoms with Crippen molar-refractivity contribution in [1.29, 1.82) is 0 Å². The molecule has 0 aliphatic carbocycles. The van der Waals surface area contributed by atoms with Crippen molar-refractivity contribution in [1.82, 2.24) is 4.98 Å². The lowest BCUT2D eigenvalue weighted by Crippen LogP contribution is -2.02. The smallest absolute Gasteiger partial charge is 0.130 e. The fourth-order valence-corrected chi connectivity index (χ4v) is 1.99. The van der Waals surface area contributed by atoms with Crippen LogP contribution in [0.1, 0.15) is 17.7 Å². The number of hydrogen-bond donors (Lipinski definition) is 0. The first-order chi connectivity index (χ1) is 8.72. The van der Waals surface area contributed by atoms with Gasteiger partial charge < -0.3 is 9.47 Å². The molecule has 1 heterocycles. The Kier molecular flexibility index (Phi) is 4.15. The Labute approximate surface area is 108 Å². The first kappa shape index (κ1) is 12.8. The van der Waals surface area contributed by atoms with Crippen molar-refractivity contribution in [2.75, 3.05) is 20.3 Å². The maximum Gasteiger partial charge on any atom is 0.130 e. The maximum absolute atomic E-state index is 5.84. The second kappa shape index (κ2) is 5.83. The van der Waals surface area contributed by atoms with E-state index in [0.717, 1.165) is 35.4 Å². The average molecular weight is 245 g/mol. The molecule has 0 saturated carbocycles. The molecule has 0 N–H and O–H groups in total. The summed E-state index contributed by atoms with van der Waals surface area (Å²) in [7, 11) is 1.70. The Morgan fingerprint density at radius 3 is 2.78 bits per heavy atom. The van der Waals surface area contributed by atoms with E-state index < -0.39 is 0 Å². The summed E-state index contributed by atoms with van der Waals surface area (Å²) in [5, 5.41) is 1.08. The molecule has 0 aliphatic heterocycles. The van der Waals surface area contributed by atoms with E-state index >= 15 is 0 Å².